The number of nitrogens with one attached hydrogen (secondary N) is 1. The fraction of sp³-hybridized carbons (Fsp3) is 0.438. The van der Waals surface area contributed by atoms with Gasteiger partial charge in [0, 0.05) is 31.2 Å². The van der Waals surface area contributed by atoms with Crippen LogP contribution in [-0.4, -0.2) is 43.2 Å². The zero-order valence-corrected chi connectivity index (χ0v) is 13.3. The predicted octanol–water partition coefficient (Wildman–Crippen LogP) is 3.50. The van der Waals surface area contributed by atoms with Crippen molar-refractivity contribution in [1.82, 2.24) is 10.2 Å². The summed E-state index contributed by atoms with van der Waals surface area (Å²) < 4.78 is 36.1. The molecule has 0 spiro atoms. The summed E-state index contributed by atoms with van der Waals surface area (Å²) in [5.74, 6) is -1.87. The Labute approximate surface area is 138 Å². The maximum Gasteiger partial charge on any atom is 0.471 e. The van der Waals surface area contributed by atoms with Gasteiger partial charge >= 0.3 is 12.1 Å². The van der Waals surface area contributed by atoms with Crippen molar-refractivity contribution in [3.63, 3.8) is 0 Å². The van der Waals surface area contributed by atoms with E-state index in [1.165, 1.54) is 5.57 Å². The van der Waals surface area contributed by atoms with E-state index in [9.17, 15) is 18.0 Å². The third kappa shape index (κ3) is 5.55. The normalized spacial score (nSPS) is 16.1. The van der Waals surface area contributed by atoms with Crippen LogP contribution in [0.4, 0.5) is 13.2 Å². The van der Waals surface area contributed by atoms with E-state index in [1.807, 2.05) is 29.6 Å². The summed E-state index contributed by atoms with van der Waals surface area (Å²) >= 11 is 5.87. The lowest BCUT2D eigenvalue weighted by atomic mass is 9.99. The van der Waals surface area contributed by atoms with Gasteiger partial charge in [-0.3, -0.25) is 9.69 Å². The van der Waals surface area contributed by atoms with E-state index < -0.39 is 12.1 Å². The van der Waals surface area contributed by atoms with Crippen LogP contribution in [0.5, 0.6) is 0 Å². The Kier molecular flexibility index (Phi) is 6.07. The van der Waals surface area contributed by atoms with Gasteiger partial charge in [-0.15, -0.1) is 0 Å². The molecule has 1 N–H and O–H groups in total. The molecule has 1 aromatic carbocycles. The highest BCUT2D eigenvalue weighted by atomic mass is 35.5. The minimum absolute atomic E-state index is 0.0304. The molecule has 2 rings (SSSR count). The van der Waals surface area contributed by atoms with Gasteiger partial charge in [-0.05, 0) is 36.1 Å². The van der Waals surface area contributed by atoms with E-state index in [0.29, 0.717) is 18.0 Å². The molecule has 1 aliphatic rings. The molecule has 0 bridgehead atoms. The summed E-state index contributed by atoms with van der Waals surface area (Å²) in [7, 11) is 0. The van der Waals surface area contributed by atoms with Crippen molar-refractivity contribution in [3.8, 4) is 0 Å². The fourth-order valence-electron chi connectivity index (χ4n) is 2.45. The van der Waals surface area contributed by atoms with Gasteiger partial charge in [0.15, 0.2) is 0 Å². The average Bonchev–Trinajstić information content (AvgIpc) is 2.52. The van der Waals surface area contributed by atoms with Crippen LogP contribution in [0.1, 0.15) is 18.4 Å². The lowest BCUT2D eigenvalue weighted by Gasteiger charge is -2.26. The summed E-state index contributed by atoms with van der Waals surface area (Å²) in [6, 6.07) is 7.67. The molecule has 23 heavy (non-hydrogen) atoms. The smallest absolute Gasteiger partial charge is 0.348 e. The van der Waals surface area contributed by atoms with Crippen molar-refractivity contribution in [3.05, 3.63) is 40.9 Å². The first kappa shape index (κ1) is 17.8. The third-order valence-electron chi connectivity index (χ3n) is 3.70. The maximum absolute atomic E-state index is 12.0. The van der Waals surface area contributed by atoms with Crippen molar-refractivity contribution >= 4 is 23.1 Å². The van der Waals surface area contributed by atoms with E-state index in [4.69, 9.17) is 11.6 Å². The molecule has 1 amide bonds. The number of halogens is 4. The molecule has 0 saturated heterocycles. The van der Waals surface area contributed by atoms with E-state index in [1.54, 1.807) is 0 Å². The molecule has 7 heteroatoms. The molecule has 0 unspecified atom stereocenters. The van der Waals surface area contributed by atoms with E-state index in [-0.39, 0.29) is 6.54 Å². The summed E-state index contributed by atoms with van der Waals surface area (Å²) in [5.41, 5.74) is 2.40. The highest BCUT2D eigenvalue weighted by Gasteiger charge is 2.38. The Bertz CT molecular complexity index is 570. The lowest BCUT2D eigenvalue weighted by molar-refractivity contribution is -0.173. The van der Waals surface area contributed by atoms with Crippen LogP contribution in [0.2, 0.25) is 5.02 Å². The zero-order chi connectivity index (χ0) is 16.9. The second-order valence-corrected chi connectivity index (χ2v) is 5.83. The number of amides is 1. The number of hydrogen-bond acceptors (Lipinski definition) is 2. The summed E-state index contributed by atoms with van der Waals surface area (Å²) in [4.78, 5) is 12.8. The number of hydrogen-bond donors (Lipinski definition) is 1. The second kappa shape index (κ2) is 7.84. The molecular weight excluding hydrogens is 329 g/mol. The molecule has 0 saturated carbocycles. The molecule has 0 radical (unpaired) electrons. The van der Waals surface area contributed by atoms with Gasteiger partial charge in [-0.1, -0.05) is 29.8 Å². The number of carbonyl (C=O) groups is 1. The first-order valence-electron chi connectivity index (χ1n) is 7.38. The molecule has 0 atom stereocenters. The highest BCUT2D eigenvalue weighted by molar-refractivity contribution is 6.30. The van der Waals surface area contributed by atoms with Crippen molar-refractivity contribution in [2.45, 2.75) is 19.0 Å². The lowest BCUT2D eigenvalue weighted by Crippen LogP contribution is -2.38. The van der Waals surface area contributed by atoms with Crippen molar-refractivity contribution < 1.29 is 18.0 Å². The summed E-state index contributed by atoms with van der Waals surface area (Å²) in [5, 5.41) is 2.59. The van der Waals surface area contributed by atoms with Gasteiger partial charge in [0.05, 0.1) is 0 Å². The number of nitrogens with zero attached hydrogens (tertiary/aromatic N) is 1. The average molecular weight is 347 g/mol. The standard InChI is InChI=1S/C16H18ClF3N2O/c17-14-4-2-12(3-5-14)13-6-10-22(11-7-13)9-1-8-21-15(23)16(18,19)20/h2-6H,1,7-11H2,(H,21,23). The first-order chi connectivity index (χ1) is 10.9. The Balaban J connectivity index is 1.72. The second-order valence-electron chi connectivity index (χ2n) is 5.39. The monoisotopic (exact) mass is 346 g/mol. The molecule has 1 aromatic rings. The van der Waals surface area contributed by atoms with Gasteiger partial charge in [0.2, 0.25) is 0 Å². The SMILES string of the molecule is O=C(NCCCN1CC=C(c2ccc(Cl)cc2)CC1)C(F)(F)F. The summed E-state index contributed by atoms with van der Waals surface area (Å²) in [6.07, 6.45) is -1.30. The van der Waals surface area contributed by atoms with Crippen molar-refractivity contribution in [2.24, 2.45) is 0 Å². The largest absolute Gasteiger partial charge is 0.471 e. The Hall–Kier alpha value is -1.53. The molecular formula is C16H18ClF3N2O. The van der Waals surface area contributed by atoms with Crippen LogP contribution in [0.25, 0.3) is 5.57 Å². The van der Waals surface area contributed by atoms with Crippen molar-refractivity contribution in [2.75, 3.05) is 26.2 Å². The minimum Gasteiger partial charge on any atom is -0.348 e. The van der Waals surface area contributed by atoms with Crippen molar-refractivity contribution in [1.29, 1.82) is 0 Å². The van der Waals surface area contributed by atoms with Gasteiger partial charge in [0.25, 0.3) is 0 Å². The van der Waals surface area contributed by atoms with Crippen LogP contribution in [-0.2, 0) is 4.79 Å². The Morgan fingerprint density at radius 3 is 2.52 bits per heavy atom. The third-order valence-corrected chi connectivity index (χ3v) is 3.95. The molecule has 1 heterocycles. The molecule has 126 valence electrons. The number of rotatable bonds is 5. The van der Waals surface area contributed by atoms with Gasteiger partial charge in [0.1, 0.15) is 0 Å². The van der Waals surface area contributed by atoms with Gasteiger partial charge in [-0.2, -0.15) is 13.2 Å². The number of carbonyl (C=O) groups excluding carboxylic acids is 1. The Morgan fingerprint density at radius 1 is 1.26 bits per heavy atom. The van der Waals surface area contributed by atoms with Crippen LogP contribution in [0.15, 0.2) is 30.3 Å². The summed E-state index contributed by atoms with van der Waals surface area (Å²) in [6.45, 7) is 2.29. The van der Waals surface area contributed by atoms with Crippen LogP contribution in [0.3, 0.4) is 0 Å². The molecule has 0 aliphatic carbocycles. The topological polar surface area (TPSA) is 32.3 Å². The first-order valence-corrected chi connectivity index (χ1v) is 7.76. The Morgan fingerprint density at radius 2 is 1.96 bits per heavy atom. The van der Waals surface area contributed by atoms with Gasteiger partial charge in [-0.25, -0.2) is 0 Å². The van der Waals surface area contributed by atoms with E-state index in [0.717, 1.165) is 25.1 Å². The number of benzene rings is 1. The van der Waals surface area contributed by atoms with Crippen LogP contribution in [0, 0.1) is 0 Å². The molecule has 3 nitrogen and oxygen atoms in total. The fourth-order valence-corrected chi connectivity index (χ4v) is 2.57. The zero-order valence-electron chi connectivity index (χ0n) is 12.5. The predicted molar refractivity (Wildman–Crippen MR) is 84.2 cm³/mol. The van der Waals surface area contributed by atoms with Crippen LogP contribution < -0.4 is 5.32 Å². The van der Waals surface area contributed by atoms with E-state index >= 15 is 0 Å². The maximum atomic E-state index is 12.0. The number of alkyl halides is 3. The van der Waals surface area contributed by atoms with E-state index in [2.05, 4.69) is 11.0 Å². The molecule has 1 aliphatic heterocycles. The van der Waals surface area contributed by atoms with Gasteiger partial charge < -0.3 is 5.32 Å². The molecule has 0 aromatic heterocycles. The minimum atomic E-state index is -4.80. The quantitative estimate of drug-likeness (QED) is 0.828. The highest BCUT2D eigenvalue weighted by Crippen LogP contribution is 2.23. The molecule has 0 fully saturated rings. The van der Waals surface area contributed by atoms with Crippen LogP contribution >= 0.6 is 11.6 Å².